The number of aryl methyl sites for hydroxylation is 1. The van der Waals surface area contributed by atoms with Crippen LogP contribution in [-0.2, 0) is 4.74 Å². The van der Waals surface area contributed by atoms with E-state index in [2.05, 4.69) is 15.2 Å². The van der Waals surface area contributed by atoms with Crippen LogP contribution in [0.25, 0.3) is 0 Å². The number of hydrogen-bond donors (Lipinski definition) is 1. The van der Waals surface area contributed by atoms with Crippen molar-refractivity contribution in [3.8, 4) is 0 Å². The van der Waals surface area contributed by atoms with Crippen molar-refractivity contribution >= 4 is 5.91 Å². The molecule has 0 spiro atoms. The van der Waals surface area contributed by atoms with E-state index in [0.29, 0.717) is 25.5 Å². The molecule has 3 heterocycles. The summed E-state index contributed by atoms with van der Waals surface area (Å²) < 4.78 is 11.2. The Balaban J connectivity index is 1.69. The summed E-state index contributed by atoms with van der Waals surface area (Å²) in [5.74, 6) is 1.56. The van der Waals surface area contributed by atoms with Crippen LogP contribution in [0.4, 0.5) is 0 Å². The number of morpholine rings is 1. The predicted octanol–water partition coefficient (Wildman–Crippen LogP) is 1.79. The Kier molecular flexibility index (Phi) is 5.05. The largest absolute Gasteiger partial charge is 0.465 e. The molecule has 1 saturated heterocycles. The number of pyridine rings is 1. The van der Waals surface area contributed by atoms with Crippen LogP contribution in [0.5, 0.6) is 0 Å². The van der Waals surface area contributed by atoms with E-state index in [9.17, 15) is 4.79 Å². The maximum atomic E-state index is 12.2. The lowest BCUT2D eigenvalue weighted by molar-refractivity contribution is 0.0117. The fourth-order valence-electron chi connectivity index (χ4n) is 2.71. The van der Waals surface area contributed by atoms with Gasteiger partial charge in [0.2, 0.25) is 0 Å². The maximum absolute atomic E-state index is 12.2. The molecule has 1 N–H and O–H groups in total. The summed E-state index contributed by atoms with van der Waals surface area (Å²) in [6.45, 7) is 5.44. The van der Waals surface area contributed by atoms with Crippen molar-refractivity contribution in [2.75, 3.05) is 32.8 Å². The Morgan fingerprint density at radius 1 is 1.30 bits per heavy atom. The molecule has 0 aromatic carbocycles. The number of carbonyl (C=O) groups excluding carboxylic acids is 1. The number of ether oxygens (including phenoxy) is 1. The summed E-state index contributed by atoms with van der Waals surface area (Å²) in [7, 11) is 0. The number of rotatable bonds is 5. The van der Waals surface area contributed by atoms with Crippen molar-refractivity contribution in [3.63, 3.8) is 0 Å². The molecule has 0 saturated carbocycles. The zero-order valence-corrected chi connectivity index (χ0v) is 13.2. The fourth-order valence-corrected chi connectivity index (χ4v) is 2.71. The third kappa shape index (κ3) is 3.97. The molecule has 0 radical (unpaired) electrons. The van der Waals surface area contributed by atoms with E-state index in [0.717, 1.165) is 24.6 Å². The fraction of sp³-hybridized carbons (Fsp3) is 0.412. The second-order valence-corrected chi connectivity index (χ2v) is 5.54. The van der Waals surface area contributed by atoms with Crippen molar-refractivity contribution in [2.24, 2.45) is 0 Å². The average Bonchev–Trinajstić information content (AvgIpc) is 3.03. The number of nitrogens with one attached hydrogen (secondary N) is 1. The first-order valence-corrected chi connectivity index (χ1v) is 7.81. The molecule has 2 aromatic heterocycles. The van der Waals surface area contributed by atoms with Gasteiger partial charge in [-0.3, -0.25) is 14.7 Å². The maximum Gasteiger partial charge on any atom is 0.269 e. The second kappa shape index (κ2) is 7.39. The van der Waals surface area contributed by atoms with Crippen LogP contribution in [0.3, 0.4) is 0 Å². The molecule has 122 valence electrons. The normalized spacial score (nSPS) is 16.9. The van der Waals surface area contributed by atoms with Gasteiger partial charge < -0.3 is 14.5 Å². The van der Waals surface area contributed by atoms with E-state index in [1.165, 1.54) is 0 Å². The Morgan fingerprint density at radius 2 is 2.13 bits per heavy atom. The first-order chi connectivity index (χ1) is 11.2. The average molecular weight is 315 g/mol. The number of amides is 1. The van der Waals surface area contributed by atoms with Crippen LogP contribution >= 0.6 is 0 Å². The highest BCUT2D eigenvalue weighted by Gasteiger charge is 2.25. The lowest BCUT2D eigenvalue weighted by Gasteiger charge is -2.33. The molecule has 0 unspecified atom stereocenters. The molecule has 3 rings (SSSR count). The van der Waals surface area contributed by atoms with Crippen molar-refractivity contribution < 1.29 is 13.9 Å². The molecule has 23 heavy (non-hydrogen) atoms. The summed E-state index contributed by atoms with van der Waals surface area (Å²) in [6.07, 6.45) is 1.62. The number of furan rings is 1. The first kappa shape index (κ1) is 15.7. The van der Waals surface area contributed by atoms with Crippen molar-refractivity contribution in [2.45, 2.75) is 13.0 Å². The molecular formula is C17H21N3O3. The van der Waals surface area contributed by atoms with Crippen molar-refractivity contribution in [3.05, 3.63) is 53.7 Å². The topological polar surface area (TPSA) is 67.6 Å². The van der Waals surface area contributed by atoms with E-state index in [-0.39, 0.29) is 11.9 Å². The molecule has 1 aliphatic heterocycles. The highest BCUT2D eigenvalue weighted by atomic mass is 16.5. The van der Waals surface area contributed by atoms with Gasteiger partial charge in [-0.1, -0.05) is 6.07 Å². The molecule has 0 aliphatic carbocycles. The minimum Gasteiger partial charge on any atom is -0.465 e. The van der Waals surface area contributed by atoms with Crippen molar-refractivity contribution in [1.29, 1.82) is 0 Å². The van der Waals surface area contributed by atoms with Gasteiger partial charge in [0, 0.05) is 25.8 Å². The van der Waals surface area contributed by atoms with Gasteiger partial charge in [-0.25, -0.2) is 0 Å². The molecule has 6 nitrogen and oxygen atoms in total. The van der Waals surface area contributed by atoms with Gasteiger partial charge >= 0.3 is 0 Å². The van der Waals surface area contributed by atoms with Gasteiger partial charge in [-0.15, -0.1) is 0 Å². The lowest BCUT2D eigenvalue weighted by Crippen LogP contribution is -2.43. The Hall–Kier alpha value is -2.18. The molecule has 1 fully saturated rings. The van der Waals surface area contributed by atoms with Gasteiger partial charge in [-0.05, 0) is 31.2 Å². The number of nitrogens with zero attached hydrogens (tertiary/aromatic N) is 2. The summed E-state index contributed by atoms with van der Waals surface area (Å²) in [4.78, 5) is 18.6. The van der Waals surface area contributed by atoms with Crippen LogP contribution < -0.4 is 5.32 Å². The molecule has 0 bridgehead atoms. The van der Waals surface area contributed by atoms with Gasteiger partial charge in [0.15, 0.2) is 0 Å². The third-order valence-corrected chi connectivity index (χ3v) is 3.93. The van der Waals surface area contributed by atoms with E-state index >= 15 is 0 Å². The quantitative estimate of drug-likeness (QED) is 0.911. The summed E-state index contributed by atoms with van der Waals surface area (Å²) in [5, 5.41) is 2.96. The van der Waals surface area contributed by atoms with Crippen molar-refractivity contribution in [1.82, 2.24) is 15.2 Å². The highest BCUT2D eigenvalue weighted by molar-refractivity contribution is 5.92. The van der Waals surface area contributed by atoms with Crippen LogP contribution in [0.1, 0.15) is 28.1 Å². The van der Waals surface area contributed by atoms with Gasteiger partial charge in [0.25, 0.3) is 5.91 Å². The van der Waals surface area contributed by atoms with Crippen LogP contribution in [-0.4, -0.2) is 48.6 Å². The molecule has 1 atom stereocenters. The zero-order chi connectivity index (χ0) is 16.1. The Labute approximate surface area is 135 Å². The monoisotopic (exact) mass is 315 g/mol. The molecule has 1 aliphatic rings. The minimum absolute atomic E-state index is 0.000243. The summed E-state index contributed by atoms with van der Waals surface area (Å²) in [6, 6.07) is 9.22. The standard InChI is InChI=1S/C17H21N3O3/c1-13-5-6-16(23-13)15(20-8-10-22-11-9-20)12-19-17(21)14-4-2-3-7-18-14/h2-7,15H,8-12H2,1H3,(H,19,21)/t15-/m1/s1. The van der Waals surface area contributed by atoms with E-state index in [1.807, 2.05) is 19.1 Å². The smallest absolute Gasteiger partial charge is 0.269 e. The summed E-state index contributed by atoms with van der Waals surface area (Å²) in [5.41, 5.74) is 0.420. The Bertz CT molecular complexity index is 636. The molecular weight excluding hydrogens is 294 g/mol. The lowest BCUT2D eigenvalue weighted by atomic mass is 10.1. The number of aromatic nitrogens is 1. The summed E-state index contributed by atoms with van der Waals surface area (Å²) >= 11 is 0. The van der Waals surface area contributed by atoms with E-state index in [4.69, 9.17) is 9.15 Å². The zero-order valence-electron chi connectivity index (χ0n) is 13.2. The number of hydrogen-bond acceptors (Lipinski definition) is 5. The van der Waals surface area contributed by atoms with Gasteiger partial charge in [0.05, 0.1) is 19.3 Å². The van der Waals surface area contributed by atoms with E-state index in [1.54, 1.807) is 24.4 Å². The SMILES string of the molecule is Cc1ccc([C@@H](CNC(=O)c2ccccn2)N2CCOCC2)o1. The van der Waals surface area contributed by atoms with Gasteiger partial charge in [0.1, 0.15) is 17.2 Å². The highest BCUT2D eigenvalue weighted by Crippen LogP contribution is 2.23. The number of carbonyl (C=O) groups is 1. The van der Waals surface area contributed by atoms with Crippen LogP contribution in [0, 0.1) is 6.92 Å². The molecule has 6 heteroatoms. The third-order valence-electron chi connectivity index (χ3n) is 3.93. The minimum atomic E-state index is -0.174. The first-order valence-electron chi connectivity index (χ1n) is 7.81. The van der Waals surface area contributed by atoms with Crippen LogP contribution in [0.15, 0.2) is 40.9 Å². The molecule has 2 aromatic rings. The predicted molar refractivity (Wildman–Crippen MR) is 85.1 cm³/mol. The van der Waals surface area contributed by atoms with Crippen LogP contribution in [0.2, 0.25) is 0 Å². The second-order valence-electron chi connectivity index (χ2n) is 5.54. The van der Waals surface area contributed by atoms with Gasteiger partial charge in [-0.2, -0.15) is 0 Å². The molecule has 1 amide bonds. The Morgan fingerprint density at radius 3 is 2.78 bits per heavy atom. The van der Waals surface area contributed by atoms with E-state index < -0.39 is 0 Å².